The van der Waals surface area contributed by atoms with E-state index in [1.807, 2.05) is 7.11 Å². The van der Waals surface area contributed by atoms with E-state index in [9.17, 15) is 0 Å². The maximum Gasteiger partial charge on any atom is 0.161 e. The van der Waals surface area contributed by atoms with Gasteiger partial charge in [-0.25, -0.2) is 0 Å². The normalized spacial score (nSPS) is 50.9. The molecule has 3 rings (SSSR count). The molecule has 3 aliphatic rings. The first-order valence-electron chi connectivity index (χ1n) is 9.10. The molecule has 0 aromatic heterocycles. The Morgan fingerprint density at radius 2 is 1.68 bits per heavy atom. The monoisotopic (exact) mass is 374 g/mol. The van der Waals surface area contributed by atoms with E-state index in [0.29, 0.717) is 34.6 Å². The summed E-state index contributed by atoms with van der Waals surface area (Å²) in [7, 11) is 1.81. The van der Waals surface area contributed by atoms with Crippen LogP contribution in [0, 0.1) is 23.7 Å². The van der Waals surface area contributed by atoms with Gasteiger partial charge in [-0.05, 0) is 37.0 Å². The highest BCUT2D eigenvalue weighted by Crippen LogP contribution is 2.58. The third kappa shape index (κ3) is 2.78. The van der Waals surface area contributed by atoms with Crippen LogP contribution >= 0.6 is 15.9 Å². The van der Waals surface area contributed by atoms with Gasteiger partial charge in [-0.2, -0.15) is 0 Å². The smallest absolute Gasteiger partial charge is 0.161 e. The van der Waals surface area contributed by atoms with Crippen LogP contribution in [0.2, 0.25) is 0 Å². The Labute approximate surface area is 143 Å². The van der Waals surface area contributed by atoms with Crippen LogP contribution in [-0.2, 0) is 14.2 Å². The van der Waals surface area contributed by atoms with Crippen molar-refractivity contribution in [3.05, 3.63) is 0 Å². The largest absolute Gasteiger partial charge is 0.371 e. The second-order valence-electron chi connectivity index (χ2n) is 7.44. The van der Waals surface area contributed by atoms with Crippen molar-refractivity contribution < 1.29 is 14.2 Å². The molecule has 1 heterocycles. The van der Waals surface area contributed by atoms with Crippen LogP contribution in [0.4, 0.5) is 0 Å². The summed E-state index contributed by atoms with van der Waals surface area (Å²) in [5.41, 5.74) is 0. The molecular weight excluding hydrogens is 344 g/mol. The molecule has 0 aromatic carbocycles. The van der Waals surface area contributed by atoms with E-state index < -0.39 is 0 Å². The number of hydrogen-bond acceptors (Lipinski definition) is 3. The average molecular weight is 375 g/mol. The summed E-state index contributed by atoms with van der Waals surface area (Å²) < 4.78 is 18.9. The number of alkyl halides is 1. The summed E-state index contributed by atoms with van der Waals surface area (Å²) in [5, 5.41) is 0. The summed E-state index contributed by atoms with van der Waals surface area (Å²) in [6.07, 6.45) is 6.31. The van der Waals surface area contributed by atoms with Gasteiger partial charge in [0.15, 0.2) is 6.29 Å². The van der Waals surface area contributed by atoms with Crippen molar-refractivity contribution in [3.63, 3.8) is 0 Å². The molecule has 0 unspecified atom stereocenters. The summed E-state index contributed by atoms with van der Waals surface area (Å²) in [6.45, 7) is 6.83. The van der Waals surface area contributed by atoms with E-state index in [1.165, 1.54) is 6.42 Å². The molecule has 2 aliphatic carbocycles. The first kappa shape index (κ1) is 17.2. The topological polar surface area (TPSA) is 27.7 Å². The minimum Gasteiger partial charge on any atom is -0.371 e. The molecule has 1 saturated heterocycles. The van der Waals surface area contributed by atoms with Crippen LogP contribution < -0.4 is 0 Å². The molecule has 0 aromatic rings. The summed E-state index contributed by atoms with van der Waals surface area (Å²) >= 11 is 3.96. The Bertz CT molecular complexity index is 377. The predicted molar refractivity (Wildman–Crippen MR) is 91.1 cm³/mol. The highest BCUT2D eigenvalue weighted by molar-refractivity contribution is 9.09. The van der Waals surface area contributed by atoms with Gasteiger partial charge in [0.2, 0.25) is 0 Å². The van der Waals surface area contributed by atoms with Crippen LogP contribution in [-0.4, -0.2) is 36.5 Å². The molecule has 4 heteroatoms. The fourth-order valence-electron chi connectivity index (χ4n) is 5.17. The van der Waals surface area contributed by atoms with Crippen LogP contribution in [0.15, 0.2) is 0 Å². The molecule has 3 nitrogen and oxygen atoms in total. The van der Waals surface area contributed by atoms with Gasteiger partial charge < -0.3 is 14.2 Å². The zero-order chi connectivity index (χ0) is 15.9. The lowest BCUT2D eigenvalue weighted by Crippen LogP contribution is -2.52. The van der Waals surface area contributed by atoms with Gasteiger partial charge in [0.25, 0.3) is 0 Å². The van der Waals surface area contributed by atoms with Gasteiger partial charge in [-0.3, -0.25) is 0 Å². The minimum absolute atomic E-state index is 0.0627. The molecule has 0 amide bonds. The molecule has 22 heavy (non-hydrogen) atoms. The molecule has 9 atom stereocenters. The SMILES string of the molecule is CCC[C@@H]1O[C@H]2[C@H](Br)[C@@H]3C[C@H]2[C@H]([C@H](OC)O[C@@H]1CCC)[C@H]3C. The van der Waals surface area contributed by atoms with Crippen molar-refractivity contribution in [2.45, 2.75) is 82.3 Å². The Morgan fingerprint density at radius 1 is 1.05 bits per heavy atom. The molecule has 2 bridgehead atoms. The van der Waals surface area contributed by atoms with Crippen LogP contribution in [0.25, 0.3) is 0 Å². The third-order valence-electron chi connectivity index (χ3n) is 6.21. The lowest BCUT2D eigenvalue weighted by molar-refractivity contribution is -0.261. The zero-order valence-electron chi connectivity index (χ0n) is 14.3. The first-order valence-corrected chi connectivity index (χ1v) is 10.0. The van der Waals surface area contributed by atoms with E-state index >= 15 is 0 Å². The molecule has 0 radical (unpaired) electrons. The van der Waals surface area contributed by atoms with Crippen molar-refractivity contribution in [1.82, 2.24) is 0 Å². The Hall–Kier alpha value is 0.360. The maximum atomic E-state index is 6.65. The minimum atomic E-state index is -0.0627. The summed E-state index contributed by atoms with van der Waals surface area (Å²) in [6, 6.07) is 0. The average Bonchev–Trinajstić information content (AvgIpc) is 2.97. The van der Waals surface area contributed by atoms with E-state index in [-0.39, 0.29) is 18.5 Å². The number of methoxy groups -OCH3 is 1. The van der Waals surface area contributed by atoms with Gasteiger partial charge in [-0.15, -0.1) is 0 Å². The van der Waals surface area contributed by atoms with Crippen molar-refractivity contribution in [3.8, 4) is 0 Å². The lowest BCUT2D eigenvalue weighted by Gasteiger charge is -2.46. The first-order chi connectivity index (χ1) is 10.6. The van der Waals surface area contributed by atoms with Crippen molar-refractivity contribution in [2.75, 3.05) is 7.11 Å². The van der Waals surface area contributed by atoms with Crippen LogP contribution in [0.1, 0.15) is 52.9 Å². The van der Waals surface area contributed by atoms with E-state index in [2.05, 4.69) is 36.7 Å². The van der Waals surface area contributed by atoms with E-state index in [0.717, 1.165) is 25.7 Å². The number of ether oxygens (including phenoxy) is 3. The molecule has 128 valence electrons. The standard InChI is InChI=1S/C18H31BrO3/c1-5-7-13-14(8-6-2)22-18(20-4)15-10(3)11-9-12(15)17(21-13)16(11)19/h10-18H,5-9H2,1-4H3/t10-,11+,12-,13-,14+,15+,16+,17+,18+/m0/s1. The van der Waals surface area contributed by atoms with Gasteiger partial charge in [0.1, 0.15) is 0 Å². The molecule has 3 fully saturated rings. The second kappa shape index (κ2) is 7.08. The third-order valence-corrected chi connectivity index (χ3v) is 7.41. The molecule has 2 saturated carbocycles. The van der Waals surface area contributed by atoms with Crippen LogP contribution in [0.5, 0.6) is 0 Å². The van der Waals surface area contributed by atoms with Gasteiger partial charge in [0.05, 0.1) is 18.3 Å². The van der Waals surface area contributed by atoms with Crippen LogP contribution in [0.3, 0.4) is 0 Å². The van der Waals surface area contributed by atoms with Crippen molar-refractivity contribution >= 4 is 15.9 Å². The second-order valence-corrected chi connectivity index (χ2v) is 8.50. The highest BCUT2D eigenvalue weighted by atomic mass is 79.9. The number of hydrogen-bond donors (Lipinski definition) is 0. The van der Waals surface area contributed by atoms with Gasteiger partial charge in [0, 0.05) is 17.9 Å². The Morgan fingerprint density at radius 3 is 2.23 bits per heavy atom. The molecule has 0 spiro atoms. The quantitative estimate of drug-likeness (QED) is 0.668. The predicted octanol–water partition coefficient (Wildman–Crippen LogP) is 4.38. The summed E-state index contributed by atoms with van der Waals surface area (Å²) in [5.74, 6) is 2.41. The van der Waals surface area contributed by atoms with Crippen molar-refractivity contribution in [1.29, 1.82) is 0 Å². The van der Waals surface area contributed by atoms with E-state index in [4.69, 9.17) is 14.2 Å². The number of rotatable bonds is 5. The molecule has 1 aliphatic heterocycles. The fourth-order valence-corrected chi connectivity index (χ4v) is 6.38. The Balaban J connectivity index is 1.87. The Kier molecular flexibility index (Phi) is 5.53. The van der Waals surface area contributed by atoms with E-state index in [1.54, 1.807) is 0 Å². The molecule has 0 N–H and O–H groups in total. The fraction of sp³-hybridized carbons (Fsp3) is 1.00. The maximum absolute atomic E-state index is 6.65. The van der Waals surface area contributed by atoms with Crippen molar-refractivity contribution in [2.24, 2.45) is 23.7 Å². The highest BCUT2D eigenvalue weighted by Gasteiger charge is 2.60. The van der Waals surface area contributed by atoms with Gasteiger partial charge in [-0.1, -0.05) is 49.5 Å². The molecular formula is C18H31BrO3. The zero-order valence-corrected chi connectivity index (χ0v) is 15.9. The number of fused-ring (bicyclic) bond motifs is 1. The van der Waals surface area contributed by atoms with Gasteiger partial charge >= 0.3 is 0 Å². The number of halogens is 1. The lowest BCUT2D eigenvalue weighted by atomic mass is 9.77. The summed E-state index contributed by atoms with van der Waals surface area (Å²) in [4.78, 5) is 0.501.